The first-order valence-electron chi connectivity index (χ1n) is 8.35. The van der Waals surface area contributed by atoms with E-state index in [1.807, 2.05) is 0 Å². The van der Waals surface area contributed by atoms with E-state index in [2.05, 4.69) is 30.4 Å². The lowest BCUT2D eigenvalue weighted by Gasteiger charge is -2.30. The van der Waals surface area contributed by atoms with Crippen molar-refractivity contribution in [1.29, 1.82) is 0 Å². The molecule has 1 atom stereocenters. The molecule has 0 radical (unpaired) electrons. The Kier molecular flexibility index (Phi) is 4.42. The van der Waals surface area contributed by atoms with Gasteiger partial charge in [0, 0.05) is 18.1 Å². The fourth-order valence-corrected chi connectivity index (χ4v) is 3.76. The Bertz CT molecular complexity index is 447. The number of aryl methyl sites for hydroxylation is 2. The third-order valence-electron chi connectivity index (χ3n) is 5.13. The average molecular weight is 272 g/mol. The molecule has 0 saturated heterocycles. The summed E-state index contributed by atoms with van der Waals surface area (Å²) in [5.74, 6) is 0. The highest BCUT2D eigenvalue weighted by atomic mass is 14.9. The van der Waals surface area contributed by atoms with E-state index in [0.717, 1.165) is 0 Å². The molecule has 2 aliphatic carbocycles. The third kappa shape index (κ3) is 3.24. The number of nitrogens with one attached hydrogen (secondary N) is 1. The van der Waals surface area contributed by atoms with Gasteiger partial charge >= 0.3 is 0 Å². The van der Waals surface area contributed by atoms with Crippen molar-refractivity contribution in [3.8, 4) is 0 Å². The van der Waals surface area contributed by atoms with Crippen LogP contribution < -0.4 is 11.1 Å². The number of hydrogen-bond acceptors (Lipinski definition) is 2. The topological polar surface area (TPSA) is 38.0 Å². The maximum atomic E-state index is 5.99. The van der Waals surface area contributed by atoms with Gasteiger partial charge in [0.05, 0.1) is 0 Å². The van der Waals surface area contributed by atoms with Crippen molar-refractivity contribution in [2.75, 3.05) is 0 Å². The Morgan fingerprint density at radius 2 is 1.75 bits per heavy atom. The summed E-state index contributed by atoms with van der Waals surface area (Å²) < 4.78 is 0. The minimum atomic E-state index is 0.437. The first-order chi connectivity index (χ1) is 9.72. The molecule has 0 aromatic heterocycles. The molecule has 20 heavy (non-hydrogen) atoms. The van der Waals surface area contributed by atoms with Crippen LogP contribution in [0, 0.1) is 0 Å². The van der Waals surface area contributed by atoms with Gasteiger partial charge in [0.1, 0.15) is 0 Å². The van der Waals surface area contributed by atoms with Crippen molar-refractivity contribution in [3.05, 3.63) is 34.9 Å². The minimum absolute atomic E-state index is 0.437. The van der Waals surface area contributed by atoms with Gasteiger partial charge in [-0.2, -0.15) is 0 Å². The van der Waals surface area contributed by atoms with E-state index >= 15 is 0 Å². The van der Waals surface area contributed by atoms with Crippen LogP contribution in [0.4, 0.5) is 0 Å². The lowest BCUT2D eigenvalue weighted by atomic mass is 9.88. The molecule has 1 fully saturated rings. The molecule has 2 aliphatic rings. The highest BCUT2D eigenvalue weighted by Gasteiger charge is 2.20. The first-order valence-corrected chi connectivity index (χ1v) is 8.35. The van der Waals surface area contributed by atoms with Gasteiger partial charge in [-0.25, -0.2) is 0 Å². The van der Waals surface area contributed by atoms with E-state index in [4.69, 9.17) is 5.73 Å². The minimum Gasteiger partial charge on any atom is -0.328 e. The number of rotatable bonds is 3. The lowest BCUT2D eigenvalue weighted by Crippen LogP contribution is -2.38. The van der Waals surface area contributed by atoms with Crippen molar-refractivity contribution in [2.24, 2.45) is 5.73 Å². The van der Waals surface area contributed by atoms with E-state index in [-0.39, 0.29) is 0 Å². The van der Waals surface area contributed by atoms with Crippen molar-refractivity contribution < 1.29 is 0 Å². The van der Waals surface area contributed by atoms with Gasteiger partial charge in [-0.15, -0.1) is 0 Å². The van der Waals surface area contributed by atoms with Crippen molar-refractivity contribution in [3.63, 3.8) is 0 Å². The zero-order valence-corrected chi connectivity index (χ0v) is 12.7. The van der Waals surface area contributed by atoms with Gasteiger partial charge in [0.25, 0.3) is 0 Å². The van der Waals surface area contributed by atoms with E-state index < -0.39 is 0 Å². The quantitative estimate of drug-likeness (QED) is 0.884. The number of fused-ring (bicyclic) bond motifs is 1. The predicted molar refractivity (Wildman–Crippen MR) is 84.9 cm³/mol. The van der Waals surface area contributed by atoms with Gasteiger partial charge in [0.15, 0.2) is 0 Å². The Hall–Kier alpha value is -0.860. The van der Waals surface area contributed by atoms with Crippen LogP contribution in [0.1, 0.15) is 68.2 Å². The van der Waals surface area contributed by atoms with Crippen LogP contribution >= 0.6 is 0 Å². The fourth-order valence-electron chi connectivity index (χ4n) is 3.76. The van der Waals surface area contributed by atoms with Crippen LogP contribution in [0.3, 0.4) is 0 Å². The molecule has 1 unspecified atom stereocenters. The van der Waals surface area contributed by atoms with Gasteiger partial charge in [-0.3, -0.25) is 0 Å². The molecule has 1 aromatic rings. The van der Waals surface area contributed by atoms with Crippen molar-refractivity contribution in [2.45, 2.75) is 76.4 Å². The van der Waals surface area contributed by atoms with E-state index in [0.29, 0.717) is 18.1 Å². The molecule has 0 aliphatic heterocycles. The molecule has 1 saturated carbocycles. The summed E-state index contributed by atoms with van der Waals surface area (Å²) in [7, 11) is 0. The normalized spacial score (nSPS) is 27.9. The molecule has 2 nitrogen and oxygen atoms in total. The maximum absolute atomic E-state index is 5.99. The van der Waals surface area contributed by atoms with Crippen LogP contribution in [0.25, 0.3) is 0 Å². The van der Waals surface area contributed by atoms with Gasteiger partial charge in [-0.05, 0) is 75.0 Å². The Labute approximate surface area is 123 Å². The smallest absolute Gasteiger partial charge is 0.0294 e. The SMILES string of the molecule is CC(NC1CCC(N)CC1)c1ccc2c(c1)CCCC2. The zero-order valence-electron chi connectivity index (χ0n) is 12.7. The molecule has 3 rings (SSSR count). The van der Waals surface area contributed by atoms with Crippen LogP contribution in [-0.2, 0) is 12.8 Å². The standard InChI is InChI=1S/C18H28N2/c1-13(20-18-10-8-17(19)9-11-18)15-7-6-14-4-2-3-5-16(14)12-15/h6-7,12-13,17-18,20H,2-5,8-11,19H2,1H3. The van der Waals surface area contributed by atoms with Gasteiger partial charge in [-0.1, -0.05) is 18.2 Å². The summed E-state index contributed by atoms with van der Waals surface area (Å²) in [6.07, 6.45) is 10.1. The molecular formula is C18H28N2. The molecule has 0 amide bonds. The van der Waals surface area contributed by atoms with Crippen LogP contribution in [-0.4, -0.2) is 12.1 Å². The summed E-state index contributed by atoms with van der Waals surface area (Å²) in [6.45, 7) is 2.30. The van der Waals surface area contributed by atoms with Crippen molar-refractivity contribution in [1.82, 2.24) is 5.32 Å². The Morgan fingerprint density at radius 1 is 1.05 bits per heavy atom. The Morgan fingerprint density at radius 3 is 2.50 bits per heavy atom. The number of benzene rings is 1. The van der Waals surface area contributed by atoms with Crippen LogP contribution in [0.15, 0.2) is 18.2 Å². The maximum Gasteiger partial charge on any atom is 0.0294 e. The third-order valence-corrected chi connectivity index (χ3v) is 5.13. The monoisotopic (exact) mass is 272 g/mol. The van der Waals surface area contributed by atoms with Crippen LogP contribution in [0.2, 0.25) is 0 Å². The molecule has 0 spiro atoms. The second-order valence-corrected chi connectivity index (χ2v) is 6.74. The summed E-state index contributed by atoms with van der Waals surface area (Å²) in [5.41, 5.74) is 10.6. The summed E-state index contributed by atoms with van der Waals surface area (Å²) in [5, 5.41) is 3.81. The number of nitrogens with two attached hydrogens (primary N) is 1. The second kappa shape index (κ2) is 6.28. The van der Waals surface area contributed by atoms with E-state index in [1.165, 1.54) is 56.9 Å². The average Bonchev–Trinajstić information content (AvgIpc) is 2.49. The van der Waals surface area contributed by atoms with E-state index in [9.17, 15) is 0 Å². The number of hydrogen-bond donors (Lipinski definition) is 2. The molecule has 2 heteroatoms. The zero-order chi connectivity index (χ0) is 13.9. The highest BCUT2D eigenvalue weighted by Crippen LogP contribution is 2.26. The summed E-state index contributed by atoms with van der Waals surface area (Å²) >= 11 is 0. The summed E-state index contributed by atoms with van der Waals surface area (Å²) in [4.78, 5) is 0. The van der Waals surface area contributed by atoms with Crippen LogP contribution in [0.5, 0.6) is 0 Å². The van der Waals surface area contributed by atoms with Gasteiger partial charge < -0.3 is 11.1 Å². The highest BCUT2D eigenvalue weighted by molar-refractivity contribution is 5.35. The molecule has 0 bridgehead atoms. The molecule has 110 valence electrons. The van der Waals surface area contributed by atoms with Crippen molar-refractivity contribution >= 4 is 0 Å². The van der Waals surface area contributed by atoms with E-state index in [1.54, 1.807) is 11.1 Å². The lowest BCUT2D eigenvalue weighted by molar-refractivity contribution is 0.322. The molecule has 0 heterocycles. The molecular weight excluding hydrogens is 244 g/mol. The molecule has 3 N–H and O–H groups in total. The first kappa shape index (κ1) is 14.1. The summed E-state index contributed by atoms with van der Waals surface area (Å²) in [6, 6.07) is 8.69. The largest absolute Gasteiger partial charge is 0.328 e. The predicted octanol–water partition coefficient (Wildman–Crippen LogP) is 3.49. The van der Waals surface area contributed by atoms with Gasteiger partial charge in [0.2, 0.25) is 0 Å². The fraction of sp³-hybridized carbons (Fsp3) is 0.667. The molecule has 1 aromatic carbocycles. The second-order valence-electron chi connectivity index (χ2n) is 6.74. The Balaban J connectivity index is 1.63.